The van der Waals surface area contributed by atoms with Crippen LogP contribution in [0.15, 0.2) is 48.2 Å². The molecule has 0 radical (unpaired) electrons. The molecule has 0 amide bonds. The zero-order valence-electron chi connectivity index (χ0n) is 14.1. The highest BCUT2D eigenvalue weighted by molar-refractivity contribution is 5.62. The first kappa shape index (κ1) is 16.8. The first-order chi connectivity index (χ1) is 12.1. The summed E-state index contributed by atoms with van der Waals surface area (Å²) in [4.78, 5) is 11.1. The first-order valence-corrected chi connectivity index (χ1v) is 8.06. The van der Waals surface area contributed by atoms with Gasteiger partial charge in [-0.1, -0.05) is 31.2 Å². The molecular formula is C19H19NO5. The summed E-state index contributed by atoms with van der Waals surface area (Å²) < 4.78 is 16.9. The summed E-state index contributed by atoms with van der Waals surface area (Å²) in [6, 6.07) is 12.5. The van der Waals surface area contributed by atoms with E-state index in [1.807, 2.05) is 19.1 Å². The maximum absolute atomic E-state index is 11.5. The van der Waals surface area contributed by atoms with Crippen molar-refractivity contribution in [1.82, 2.24) is 0 Å². The molecule has 2 aromatic carbocycles. The van der Waals surface area contributed by atoms with Gasteiger partial charge in [0.1, 0.15) is 5.75 Å². The van der Waals surface area contributed by atoms with Gasteiger partial charge < -0.3 is 14.2 Å². The van der Waals surface area contributed by atoms with Crippen LogP contribution in [0.1, 0.15) is 30.6 Å². The zero-order chi connectivity index (χ0) is 17.8. The Kier molecular flexibility index (Phi) is 4.88. The molecule has 1 aliphatic rings. The van der Waals surface area contributed by atoms with Crippen LogP contribution in [-0.2, 0) is 0 Å². The van der Waals surface area contributed by atoms with Crippen molar-refractivity contribution in [1.29, 1.82) is 0 Å². The van der Waals surface area contributed by atoms with Crippen molar-refractivity contribution in [2.45, 2.75) is 19.4 Å². The van der Waals surface area contributed by atoms with Crippen molar-refractivity contribution in [3.8, 4) is 17.2 Å². The van der Waals surface area contributed by atoms with Gasteiger partial charge in [-0.15, -0.1) is 0 Å². The van der Waals surface area contributed by atoms with Crippen LogP contribution in [0.4, 0.5) is 0 Å². The van der Waals surface area contributed by atoms with Gasteiger partial charge in [-0.3, -0.25) is 10.1 Å². The minimum atomic E-state index is -0.806. The summed E-state index contributed by atoms with van der Waals surface area (Å²) in [6.45, 7) is 2.59. The van der Waals surface area contributed by atoms with Crippen LogP contribution in [0, 0.1) is 10.1 Å². The molecule has 130 valence electrons. The Hall–Kier alpha value is -3.02. The maximum Gasteiger partial charge on any atom is 0.291 e. The number of hydrogen-bond acceptors (Lipinski definition) is 5. The van der Waals surface area contributed by atoms with E-state index in [4.69, 9.17) is 14.2 Å². The van der Waals surface area contributed by atoms with Gasteiger partial charge in [-0.2, -0.15) is 0 Å². The third kappa shape index (κ3) is 3.42. The molecule has 0 aliphatic carbocycles. The predicted octanol–water partition coefficient (Wildman–Crippen LogP) is 4.24. The lowest BCUT2D eigenvalue weighted by atomic mass is 10.0. The standard InChI is InChI=1S/C19H19NO5/c1-3-10-24-17-9-8-14(12-18(17)23-2)19-15(20(21)22)11-13-6-4-5-7-16(13)25-19/h4-9,11-12,19H,3,10H2,1-2H3. The van der Waals surface area contributed by atoms with Gasteiger partial charge in [-0.05, 0) is 24.6 Å². The fraction of sp³-hybridized carbons (Fsp3) is 0.263. The second-order valence-electron chi connectivity index (χ2n) is 5.62. The second kappa shape index (κ2) is 7.25. The molecule has 1 heterocycles. The van der Waals surface area contributed by atoms with E-state index in [-0.39, 0.29) is 5.70 Å². The van der Waals surface area contributed by atoms with E-state index in [0.717, 1.165) is 6.42 Å². The van der Waals surface area contributed by atoms with E-state index < -0.39 is 11.0 Å². The van der Waals surface area contributed by atoms with Crippen molar-refractivity contribution in [3.63, 3.8) is 0 Å². The number of para-hydroxylation sites is 1. The predicted molar refractivity (Wildman–Crippen MR) is 93.6 cm³/mol. The Bertz CT molecular complexity index is 815. The van der Waals surface area contributed by atoms with E-state index in [1.165, 1.54) is 0 Å². The molecule has 1 atom stereocenters. The zero-order valence-corrected chi connectivity index (χ0v) is 14.1. The van der Waals surface area contributed by atoms with Crippen LogP contribution in [0.2, 0.25) is 0 Å². The summed E-state index contributed by atoms with van der Waals surface area (Å²) in [7, 11) is 1.54. The highest BCUT2D eigenvalue weighted by Crippen LogP contribution is 2.40. The number of hydrogen-bond donors (Lipinski definition) is 0. The van der Waals surface area contributed by atoms with Crippen LogP contribution >= 0.6 is 0 Å². The fourth-order valence-corrected chi connectivity index (χ4v) is 2.70. The quantitative estimate of drug-likeness (QED) is 0.581. The minimum absolute atomic E-state index is 0.0111. The van der Waals surface area contributed by atoms with Gasteiger partial charge in [0, 0.05) is 17.2 Å². The molecule has 0 fully saturated rings. The molecule has 0 spiro atoms. The molecule has 1 unspecified atom stereocenters. The lowest BCUT2D eigenvalue weighted by Gasteiger charge is -2.23. The molecule has 0 saturated carbocycles. The van der Waals surface area contributed by atoms with Crippen molar-refractivity contribution >= 4 is 6.08 Å². The highest BCUT2D eigenvalue weighted by Gasteiger charge is 2.33. The van der Waals surface area contributed by atoms with Gasteiger partial charge in [0.2, 0.25) is 6.10 Å². The molecule has 2 aromatic rings. The van der Waals surface area contributed by atoms with Gasteiger partial charge in [0.05, 0.1) is 18.6 Å². The Morgan fingerprint density at radius 2 is 2.00 bits per heavy atom. The van der Waals surface area contributed by atoms with E-state index in [2.05, 4.69) is 0 Å². The largest absolute Gasteiger partial charge is 0.493 e. The molecule has 0 bridgehead atoms. The number of ether oxygens (including phenoxy) is 3. The number of fused-ring (bicyclic) bond motifs is 1. The normalized spacial score (nSPS) is 15.6. The smallest absolute Gasteiger partial charge is 0.291 e. The molecule has 6 nitrogen and oxygen atoms in total. The van der Waals surface area contributed by atoms with Crippen LogP contribution in [0.3, 0.4) is 0 Å². The molecule has 0 aromatic heterocycles. The van der Waals surface area contributed by atoms with E-state index in [1.54, 1.807) is 43.5 Å². The topological polar surface area (TPSA) is 70.8 Å². The highest BCUT2D eigenvalue weighted by atomic mass is 16.6. The molecule has 0 N–H and O–H groups in total. The molecule has 0 saturated heterocycles. The molecule has 25 heavy (non-hydrogen) atoms. The summed E-state index contributed by atoms with van der Waals surface area (Å²) in [5, 5.41) is 11.5. The number of rotatable bonds is 6. The minimum Gasteiger partial charge on any atom is -0.493 e. The molecule has 3 rings (SSSR count). The van der Waals surface area contributed by atoms with Gasteiger partial charge in [-0.25, -0.2) is 0 Å². The fourth-order valence-electron chi connectivity index (χ4n) is 2.70. The average Bonchev–Trinajstić information content (AvgIpc) is 2.65. The first-order valence-electron chi connectivity index (χ1n) is 8.06. The average molecular weight is 341 g/mol. The Labute approximate surface area is 145 Å². The van der Waals surface area contributed by atoms with Gasteiger partial charge >= 0.3 is 0 Å². The van der Waals surface area contributed by atoms with Crippen molar-refractivity contribution in [3.05, 3.63) is 69.4 Å². The van der Waals surface area contributed by atoms with Crippen molar-refractivity contribution in [2.75, 3.05) is 13.7 Å². The maximum atomic E-state index is 11.5. The SMILES string of the molecule is CCCOc1ccc(C2Oc3ccccc3C=C2[N+](=O)[O-])cc1OC. The summed E-state index contributed by atoms with van der Waals surface area (Å²) in [5.41, 5.74) is 1.32. The Balaban J connectivity index is 1.99. The van der Waals surface area contributed by atoms with Crippen LogP contribution in [0.5, 0.6) is 17.2 Å². The third-order valence-electron chi connectivity index (χ3n) is 3.90. The van der Waals surface area contributed by atoms with Crippen molar-refractivity contribution in [2.24, 2.45) is 0 Å². The van der Waals surface area contributed by atoms with Gasteiger partial charge in [0.15, 0.2) is 11.5 Å². The Morgan fingerprint density at radius 3 is 2.72 bits per heavy atom. The summed E-state index contributed by atoms with van der Waals surface area (Å²) in [6.07, 6.45) is 1.62. The van der Waals surface area contributed by atoms with Crippen LogP contribution in [0.25, 0.3) is 6.08 Å². The summed E-state index contributed by atoms with van der Waals surface area (Å²) >= 11 is 0. The van der Waals surface area contributed by atoms with E-state index in [9.17, 15) is 10.1 Å². The number of nitrogens with zero attached hydrogens (tertiary/aromatic N) is 1. The molecule has 1 aliphatic heterocycles. The Morgan fingerprint density at radius 1 is 1.20 bits per heavy atom. The van der Waals surface area contributed by atoms with E-state index in [0.29, 0.717) is 35.0 Å². The lowest BCUT2D eigenvalue weighted by Crippen LogP contribution is -2.19. The second-order valence-corrected chi connectivity index (χ2v) is 5.62. The third-order valence-corrected chi connectivity index (χ3v) is 3.90. The monoisotopic (exact) mass is 341 g/mol. The van der Waals surface area contributed by atoms with Crippen molar-refractivity contribution < 1.29 is 19.1 Å². The molecular weight excluding hydrogens is 322 g/mol. The van der Waals surface area contributed by atoms with Crippen LogP contribution < -0.4 is 14.2 Å². The van der Waals surface area contributed by atoms with Crippen LogP contribution in [-0.4, -0.2) is 18.6 Å². The van der Waals surface area contributed by atoms with E-state index >= 15 is 0 Å². The van der Waals surface area contributed by atoms with Gasteiger partial charge in [0.25, 0.3) is 5.70 Å². The lowest BCUT2D eigenvalue weighted by molar-refractivity contribution is -0.434. The summed E-state index contributed by atoms with van der Waals surface area (Å²) in [5.74, 6) is 1.75. The number of nitro groups is 1. The molecule has 6 heteroatoms. The number of benzene rings is 2. The number of methoxy groups -OCH3 is 1.